The average Bonchev–Trinajstić information content (AvgIpc) is 3.25. The number of aliphatic imine (C=N–C) groups is 1. The summed E-state index contributed by atoms with van der Waals surface area (Å²) in [6.07, 6.45) is 7.42. The van der Waals surface area contributed by atoms with Gasteiger partial charge in [-0.15, -0.1) is 0 Å². The van der Waals surface area contributed by atoms with E-state index in [9.17, 15) is 9.59 Å². The van der Waals surface area contributed by atoms with E-state index in [4.69, 9.17) is 27.1 Å². The Morgan fingerprint density at radius 3 is 2.66 bits per heavy atom. The van der Waals surface area contributed by atoms with Gasteiger partial charge in [0.15, 0.2) is 0 Å². The van der Waals surface area contributed by atoms with Gasteiger partial charge in [0, 0.05) is 47.3 Å². The normalized spacial score (nSPS) is 26.2. The summed E-state index contributed by atoms with van der Waals surface area (Å²) in [7, 11) is 0. The molecule has 2 amide bonds. The van der Waals surface area contributed by atoms with Gasteiger partial charge >= 0.3 is 0 Å². The van der Waals surface area contributed by atoms with Crippen LogP contribution in [-0.4, -0.2) is 43.3 Å². The molecule has 35 heavy (non-hydrogen) atoms. The minimum absolute atomic E-state index is 0.0668. The third-order valence-electron chi connectivity index (χ3n) is 7.37. The first-order valence-corrected chi connectivity index (χ1v) is 13.1. The van der Waals surface area contributed by atoms with Crippen LogP contribution in [0, 0.1) is 11.3 Å². The molecule has 8 heteroatoms. The first-order valence-electron chi connectivity index (χ1n) is 12.7. The van der Waals surface area contributed by atoms with Crippen molar-refractivity contribution in [2.45, 2.75) is 70.9 Å². The van der Waals surface area contributed by atoms with Gasteiger partial charge in [0.2, 0.25) is 5.91 Å². The number of hydrogen-bond acceptors (Lipinski definition) is 5. The smallest absolute Gasteiger partial charge is 0.267 e. The van der Waals surface area contributed by atoms with Crippen LogP contribution in [0.15, 0.2) is 40.5 Å². The number of hydrogen-bond donors (Lipinski definition) is 3. The standard InChI is InChI=1S/C27H37ClN4O3/c1-27(16-35-17-27)15-31-23-13-18(3-2-4-21-10-12-24(33)32-21)7-11-22(23)25(29)26(34)30-14-19-5-8-20(28)9-6-19/h5-6,8-9,18,21H,2-4,7,10-17,29H2,1H3,(H,30,34)(H,32,33)/t18?,21-/m0/s1. The Bertz CT molecular complexity index is 985. The Balaban J connectivity index is 1.38. The molecule has 4 N–H and O–H groups in total. The molecule has 3 fully saturated rings. The highest BCUT2D eigenvalue weighted by Crippen LogP contribution is 2.33. The monoisotopic (exact) mass is 500 g/mol. The second-order valence-corrected chi connectivity index (χ2v) is 11.0. The summed E-state index contributed by atoms with van der Waals surface area (Å²) < 4.78 is 5.39. The van der Waals surface area contributed by atoms with E-state index in [1.807, 2.05) is 24.3 Å². The van der Waals surface area contributed by atoms with Crippen molar-refractivity contribution >= 4 is 29.1 Å². The van der Waals surface area contributed by atoms with E-state index < -0.39 is 0 Å². The Morgan fingerprint density at radius 2 is 2.00 bits per heavy atom. The Morgan fingerprint density at radius 1 is 1.23 bits per heavy atom. The number of halogens is 1. The fourth-order valence-corrected chi connectivity index (χ4v) is 5.21. The van der Waals surface area contributed by atoms with Crippen molar-refractivity contribution in [2.75, 3.05) is 19.8 Å². The number of nitrogens with zero attached hydrogens (tertiary/aromatic N) is 1. The average molecular weight is 501 g/mol. The lowest BCUT2D eigenvalue weighted by atomic mass is 9.80. The number of nitrogens with two attached hydrogens (primary N) is 1. The summed E-state index contributed by atoms with van der Waals surface area (Å²) in [5, 5.41) is 6.66. The summed E-state index contributed by atoms with van der Waals surface area (Å²) in [5.41, 5.74) is 9.58. The summed E-state index contributed by atoms with van der Waals surface area (Å²) in [6.45, 7) is 4.70. The number of allylic oxidation sites excluding steroid dienone is 1. The van der Waals surface area contributed by atoms with Gasteiger partial charge in [0.05, 0.1) is 13.2 Å². The van der Waals surface area contributed by atoms with E-state index in [-0.39, 0.29) is 22.9 Å². The van der Waals surface area contributed by atoms with E-state index in [2.05, 4.69) is 17.6 Å². The van der Waals surface area contributed by atoms with Crippen LogP contribution >= 0.6 is 11.6 Å². The van der Waals surface area contributed by atoms with Crippen LogP contribution in [-0.2, 0) is 20.9 Å². The van der Waals surface area contributed by atoms with E-state index in [0.29, 0.717) is 36.5 Å². The van der Waals surface area contributed by atoms with E-state index in [1.54, 1.807) is 0 Å². The van der Waals surface area contributed by atoms with Crippen molar-refractivity contribution in [3.8, 4) is 0 Å². The summed E-state index contributed by atoms with van der Waals surface area (Å²) in [5.74, 6) is 0.441. The molecule has 2 saturated heterocycles. The van der Waals surface area contributed by atoms with Gasteiger partial charge in [0.25, 0.3) is 5.91 Å². The van der Waals surface area contributed by atoms with Gasteiger partial charge in [-0.05, 0) is 62.1 Å². The van der Waals surface area contributed by atoms with Crippen LogP contribution < -0.4 is 16.4 Å². The fraction of sp³-hybridized carbons (Fsp3) is 0.593. The van der Waals surface area contributed by atoms with Crippen LogP contribution in [0.4, 0.5) is 0 Å². The van der Waals surface area contributed by atoms with Gasteiger partial charge in [-0.3, -0.25) is 14.6 Å². The van der Waals surface area contributed by atoms with Crippen molar-refractivity contribution in [3.05, 3.63) is 46.1 Å². The molecule has 0 spiro atoms. The summed E-state index contributed by atoms with van der Waals surface area (Å²) >= 11 is 5.95. The molecule has 1 aromatic rings. The number of nitrogens with one attached hydrogen (secondary N) is 2. The topological polar surface area (TPSA) is 106 Å². The lowest BCUT2D eigenvalue weighted by Crippen LogP contribution is -2.42. The Labute approximate surface area is 212 Å². The van der Waals surface area contributed by atoms with E-state index in [1.165, 1.54) is 0 Å². The third kappa shape index (κ3) is 7.07. The molecular weight excluding hydrogens is 464 g/mol. The molecule has 0 bridgehead atoms. The number of benzene rings is 1. The molecule has 2 aliphatic heterocycles. The molecule has 3 aliphatic rings. The van der Waals surface area contributed by atoms with Crippen molar-refractivity contribution in [1.82, 2.24) is 10.6 Å². The molecule has 2 atom stereocenters. The maximum Gasteiger partial charge on any atom is 0.267 e. The van der Waals surface area contributed by atoms with Gasteiger partial charge < -0.3 is 21.1 Å². The molecule has 190 valence electrons. The molecular formula is C27H37ClN4O3. The van der Waals surface area contributed by atoms with Crippen molar-refractivity contribution in [1.29, 1.82) is 0 Å². The molecule has 1 aliphatic carbocycles. The highest BCUT2D eigenvalue weighted by molar-refractivity contribution is 6.30. The molecule has 7 nitrogen and oxygen atoms in total. The molecule has 2 heterocycles. The Hall–Kier alpha value is -2.38. The van der Waals surface area contributed by atoms with Crippen LogP contribution in [0.3, 0.4) is 0 Å². The molecule has 1 aromatic carbocycles. The summed E-state index contributed by atoms with van der Waals surface area (Å²) in [4.78, 5) is 29.3. The lowest BCUT2D eigenvalue weighted by molar-refractivity contribution is -0.119. The maximum absolute atomic E-state index is 12.9. The number of ether oxygens (including phenoxy) is 1. The lowest BCUT2D eigenvalue weighted by Gasteiger charge is -2.37. The summed E-state index contributed by atoms with van der Waals surface area (Å²) in [6, 6.07) is 7.73. The van der Waals surface area contributed by atoms with Crippen molar-refractivity contribution in [2.24, 2.45) is 22.1 Å². The highest BCUT2D eigenvalue weighted by atomic mass is 35.5. The van der Waals surface area contributed by atoms with Crippen molar-refractivity contribution < 1.29 is 14.3 Å². The van der Waals surface area contributed by atoms with Crippen LogP contribution in [0.5, 0.6) is 0 Å². The maximum atomic E-state index is 12.9. The van der Waals surface area contributed by atoms with E-state index >= 15 is 0 Å². The number of amides is 2. The molecule has 0 radical (unpaired) electrons. The molecule has 1 unspecified atom stereocenters. The fourth-order valence-electron chi connectivity index (χ4n) is 5.08. The predicted molar refractivity (Wildman–Crippen MR) is 138 cm³/mol. The van der Waals surface area contributed by atoms with Gasteiger partial charge in [-0.1, -0.05) is 37.1 Å². The quantitative estimate of drug-likeness (QED) is 0.447. The molecule has 4 rings (SSSR count). The second-order valence-electron chi connectivity index (χ2n) is 10.6. The van der Waals surface area contributed by atoms with Gasteiger partial charge in [0.1, 0.15) is 5.70 Å². The second kappa shape index (κ2) is 11.6. The number of rotatable bonds is 9. The zero-order chi connectivity index (χ0) is 24.8. The van der Waals surface area contributed by atoms with Crippen LogP contribution in [0.25, 0.3) is 0 Å². The molecule has 0 aromatic heterocycles. The number of carbonyl (C=O) groups excluding carboxylic acids is 2. The van der Waals surface area contributed by atoms with Gasteiger partial charge in [-0.25, -0.2) is 0 Å². The molecule has 1 saturated carbocycles. The van der Waals surface area contributed by atoms with E-state index in [0.717, 1.165) is 75.0 Å². The largest absolute Gasteiger partial charge is 0.394 e. The zero-order valence-electron chi connectivity index (χ0n) is 20.6. The third-order valence-corrected chi connectivity index (χ3v) is 7.62. The Kier molecular flexibility index (Phi) is 8.50. The van der Waals surface area contributed by atoms with Gasteiger partial charge in [-0.2, -0.15) is 0 Å². The highest BCUT2D eigenvalue weighted by Gasteiger charge is 2.34. The minimum atomic E-state index is -0.253. The van der Waals surface area contributed by atoms with Crippen molar-refractivity contribution in [3.63, 3.8) is 0 Å². The SMILES string of the molecule is CC1(CN=C2CC(CCC[C@H]3CCC(=O)N3)CCC2=C(N)C(=O)NCc2ccc(Cl)cc2)COC1. The zero-order valence-corrected chi connectivity index (χ0v) is 21.3. The predicted octanol–water partition coefficient (Wildman–Crippen LogP) is 3.90. The number of carbonyl (C=O) groups is 2. The van der Waals surface area contributed by atoms with Crippen LogP contribution in [0.1, 0.15) is 63.9 Å². The minimum Gasteiger partial charge on any atom is -0.394 e. The van der Waals surface area contributed by atoms with Crippen LogP contribution in [0.2, 0.25) is 5.02 Å². The first-order chi connectivity index (χ1) is 16.8. The first kappa shape index (κ1) is 25.7.